The van der Waals surface area contributed by atoms with Gasteiger partial charge in [-0.2, -0.15) is 13.2 Å². The molecule has 0 aliphatic carbocycles. The van der Waals surface area contributed by atoms with E-state index in [4.69, 9.17) is 9.47 Å². The fourth-order valence-corrected chi connectivity index (χ4v) is 4.07. The van der Waals surface area contributed by atoms with E-state index < -0.39 is 23.5 Å². The first-order chi connectivity index (χ1) is 14.8. The highest BCUT2D eigenvalue weighted by atomic mass is 19.4. The average Bonchev–Trinajstić information content (AvgIpc) is 2.74. The molecule has 1 fully saturated rings. The zero-order valence-electron chi connectivity index (χ0n) is 17.8. The van der Waals surface area contributed by atoms with Gasteiger partial charge in [0.15, 0.2) is 0 Å². The van der Waals surface area contributed by atoms with Gasteiger partial charge in [0.05, 0.1) is 24.9 Å². The molecule has 1 aliphatic rings. The Morgan fingerprint density at radius 2 is 1.84 bits per heavy atom. The molecule has 168 valence electrons. The van der Waals surface area contributed by atoms with Crippen molar-refractivity contribution in [1.82, 2.24) is 0 Å². The van der Waals surface area contributed by atoms with Crippen molar-refractivity contribution in [3.63, 3.8) is 0 Å². The molecule has 0 N–H and O–H groups in total. The third-order valence-corrected chi connectivity index (χ3v) is 5.64. The van der Waals surface area contributed by atoms with E-state index in [0.717, 1.165) is 12.8 Å². The lowest BCUT2D eigenvalue weighted by Crippen LogP contribution is -2.26. The van der Waals surface area contributed by atoms with Crippen molar-refractivity contribution in [1.29, 1.82) is 0 Å². The average molecular weight is 436 g/mol. The van der Waals surface area contributed by atoms with Gasteiger partial charge in [-0.25, -0.2) is 4.39 Å². The van der Waals surface area contributed by atoms with Crippen LogP contribution in [0, 0.1) is 5.82 Å². The van der Waals surface area contributed by atoms with Crippen LogP contribution in [0.2, 0.25) is 0 Å². The minimum Gasteiger partial charge on any atom is -0.494 e. The normalized spacial score (nSPS) is 19.7. The van der Waals surface area contributed by atoms with Crippen LogP contribution in [-0.2, 0) is 10.9 Å². The van der Waals surface area contributed by atoms with Crippen LogP contribution in [0.5, 0.6) is 5.75 Å². The number of hydrogen-bond acceptors (Lipinski definition) is 2. The summed E-state index contributed by atoms with van der Waals surface area (Å²) in [6, 6.07) is 9.24. The zero-order valence-corrected chi connectivity index (χ0v) is 17.8. The van der Waals surface area contributed by atoms with E-state index in [1.54, 1.807) is 24.3 Å². The summed E-state index contributed by atoms with van der Waals surface area (Å²) in [4.78, 5) is 0. The molecule has 0 spiro atoms. The summed E-state index contributed by atoms with van der Waals surface area (Å²) < 4.78 is 68.1. The number of halogens is 4. The number of hydrogen-bond donors (Lipinski definition) is 0. The standard InChI is InChI=1S/C25H28F4O2/c1-3-5-6-7-19-13-10-18(16-31-19)21-14-15-22(24(26)23(21)25(27,28)29)17-8-11-20(12-9-17)30-4-2/h3,5,8-9,11-12,14-15,18-19H,4,6-7,10,13,16H2,1-2H3/b5-3+. The zero-order chi connectivity index (χ0) is 22.4. The van der Waals surface area contributed by atoms with Crippen LogP contribution in [0.3, 0.4) is 0 Å². The lowest BCUT2D eigenvalue weighted by molar-refractivity contribution is -0.141. The Bertz CT molecular complexity index is 880. The summed E-state index contributed by atoms with van der Waals surface area (Å²) in [5.41, 5.74) is -0.895. The lowest BCUT2D eigenvalue weighted by Gasteiger charge is -2.31. The highest BCUT2D eigenvalue weighted by molar-refractivity contribution is 5.67. The number of alkyl halides is 3. The highest BCUT2D eigenvalue weighted by Crippen LogP contribution is 2.43. The highest BCUT2D eigenvalue weighted by Gasteiger charge is 2.40. The van der Waals surface area contributed by atoms with E-state index in [-0.39, 0.29) is 23.8 Å². The molecular formula is C25H28F4O2. The van der Waals surface area contributed by atoms with E-state index in [1.165, 1.54) is 12.1 Å². The molecule has 6 heteroatoms. The molecule has 2 aromatic rings. The second-order valence-electron chi connectivity index (χ2n) is 7.72. The first-order valence-corrected chi connectivity index (χ1v) is 10.7. The van der Waals surface area contributed by atoms with Crippen LogP contribution in [0.4, 0.5) is 17.6 Å². The number of rotatable bonds is 7. The van der Waals surface area contributed by atoms with E-state index in [2.05, 4.69) is 0 Å². The Labute approximate surface area is 180 Å². The van der Waals surface area contributed by atoms with Crippen LogP contribution >= 0.6 is 0 Å². The van der Waals surface area contributed by atoms with Gasteiger partial charge in [0.1, 0.15) is 11.6 Å². The van der Waals surface area contributed by atoms with Crippen molar-refractivity contribution in [3.8, 4) is 16.9 Å². The fourth-order valence-electron chi connectivity index (χ4n) is 4.07. The Kier molecular flexibility index (Phi) is 7.76. The van der Waals surface area contributed by atoms with Gasteiger partial charge < -0.3 is 9.47 Å². The largest absolute Gasteiger partial charge is 0.494 e. The maximum atomic E-state index is 15.2. The van der Waals surface area contributed by atoms with Gasteiger partial charge >= 0.3 is 6.18 Å². The Balaban J connectivity index is 1.86. The van der Waals surface area contributed by atoms with Gasteiger partial charge in [0.25, 0.3) is 0 Å². The molecule has 1 aliphatic heterocycles. The molecule has 0 saturated carbocycles. The summed E-state index contributed by atoms with van der Waals surface area (Å²) in [5, 5.41) is 0. The molecule has 0 radical (unpaired) electrons. The third-order valence-electron chi connectivity index (χ3n) is 5.64. The van der Waals surface area contributed by atoms with Crippen LogP contribution in [0.15, 0.2) is 48.6 Å². The second-order valence-corrected chi connectivity index (χ2v) is 7.72. The molecule has 1 heterocycles. The maximum absolute atomic E-state index is 15.2. The summed E-state index contributed by atoms with van der Waals surface area (Å²) in [6.07, 6.45) is 2.20. The first kappa shape index (κ1) is 23.3. The van der Waals surface area contributed by atoms with Crippen molar-refractivity contribution < 1.29 is 27.0 Å². The van der Waals surface area contributed by atoms with E-state index in [1.807, 2.05) is 26.0 Å². The molecule has 31 heavy (non-hydrogen) atoms. The predicted molar refractivity (Wildman–Crippen MR) is 114 cm³/mol. The van der Waals surface area contributed by atoms with Gasteiger partial charge in [0.2, 0.25) is 0 Å². The van der Waals surface area contributed by atoms with E-state index in [0.29, 0.717) is 30.8 Å². The SMILES string of the molecule is C/C=C/CCC1CCC(c2ccc(-c3ccc(OCC)cc3)c(F)c2C(F)(F)F)CO1. The maximum Gasteiger partial charge on any atom is 0.419 e. The summed E-state index contributed by atoms with van der Waals surface area (Å²) >= 11 is 0. The minimum absolute atomic E-state index is 0.0217. The van der Waals surface area contributed by atoms with Crippen molar-refractivity contribution in [3.05, 3.63) is 65.5 Å². The van der Waals surface area contributed by atoms with E-state index in [9.17, 15) is 13.2 Å². The Hall–Kier alpha value is -2.34. The summed E-state index contributed by atoms with van der Waals surface area (Å²) in [7, 11) is 0. The van der Waals surface area contributed by atoms with Gasteiger partial charge in [0, 0.05) is 11.5 Å². The molecule has 2 atom stereocenters. The summed E-state index contributed by atoms with van der Waals surface area (Å²) in [6.45, 7) is 4.43. The number of benzene rings is 2. The van der Waals surface area contributed by atoms with Crippen molar-refractivity contribution in [2.75, 3.05) is 13.2 Å². The lowest BCUT2D eigenvalue weighted by atomic mass is 9.85. The molecule has 0 bridgehead atoms. The molecular weight excluding hydrogens is 408 g/mol. The predicted octanol–water partition coefficient (Wildman–Crippen LogP) is 7.53. The Morgan fingerprint density at radius 3 is 2.42 bits per heavy atom. The number of allylic oxidation sites excluding steroid dienone is 2. The number of ether oxygens (including phenoxy) is 2. The smallest absolute Gasteiger partial charge is 0.419 e. The van der Waals surface area contributed by atoms with Gasteiger partial charge in [-0.3, -0.25) is 0 Å². The molecule has 2 aromatic carbocycles. The van der Waals surface area contributed by atoms with Crippen LogP contribution in [0.1, 0.15) is 56.6 Å². The van der Waals surface area contributed by atoms with Gasteiger partial charge in [-0.1, -0.05) is 36.4 Å². The van der Waals surface area contributed by atoms with Crippen molar-refractivity contribution >= 4 is 0 Å². The van der Waals surface area contributed by atoms with E-state index >= 15 is 4.39 Å². The minimum atomic E-state index is -4.79. The van der Waals surface area contributed by atoms with Crippen molar-refractivity contribution in [2.24, 2.45) is 0 Å². The fraction of sp³-hybridized carbons (Fsp3) is 0.440. The first-order valence-electron chi connectivity index (χ1n) is 10.7. The molecule has 1 saturated heterocycles. The van der Waals surface area contributed by atoms with Crippen LogP contribution < -0.4 is 4.74 Å². The quantitative estimate of drug-likeness (QED) is 0.330. The molecule has 2 unspecified atom stereocenters. The third kappa shape index (κ3) is 5.67. The van der Waals surface area contributed by atoms with Crippen molar-refractivity contribution in [2.45, 2.75) is 57.7 Å². The van der Waals surface area contributed by atoms with Crippen LogP contribution in [0.25, 0.3) is 11.1 Å². The summed E-state index contributed by atoms with van der Waals surface area (Å²) in [5.74, 6) is -1.12. The Morgan fingerprint density at radius 1 is 1.10 bits per heavy atom. The molecule has 0 aromatic heterocycles. The second kappa shape index (κ2) is 10.3. The molecule has 3 rings (SSSR count). The topological polar surface area (TPSA) is 18.5 Å². The van der Waals surface area contributed by atoms with Gasteiger partial charge in [-0.05, 0) is 62.8 Å². The van der Waals surface area contributed by atoms with Crippen LogP contribution in [-0.4, -0.2) is 19.3 Å². The molecule has 2 nitrogen and oxygen atoms in total. The van der Waals surface area contributed by atoms with Gasteiger partial charge in [-0.15, -0.1) is 0 Å². The molecule has 0 amide bonds. The monoisotopic (exact) mass is 436 g/mol.